The monoisotopic (exact) mass is 255 g/mol. The van der Waals surface area contributed by atoms with Gasteiger partial charge in [0.05, 0.1) is 10.7 Å². The van der Waals surface area contributed by atoms with Gasteiger partial charge in [0.1, 0.15) is 0 Å². The molecule has 1 nitrogen and oxygen atoms in total. The summed E-state index contributed by atoms with van der Waals surface area (Å²) in [6, 6.07) is 9.66. The van der Waals surface area contributed by atoms with Crippen LogP contribution in [0.2, 0.25) is 5.02 Å². The lowest BCUT2D eigenvalue weighted by Gasteiger charge is -2.05. The van der Waals surface area contributed by atoms with E-state index in [1.807, 2.05) is 30.3 Å². The third-order valence-corrected chi connectivity index (χ3v) is 2.99. The fourth-order valence-electron chi connectivity index (χ4n) is 1.34. The van der Waals surface area contributed by atoms with Gasteiger partial charge >= 0.3 is 0 Å². The zero-order valence-corrected chi connectivity index (χ0v) is 9.06. The first-order chi connectivity index (χ1) is 6.20. The number of hydrogen-bond donors (Lipinski definition) is 1. The lowest BCUT2D eigenvalue weighted by molar-refractivity contribution is 1.68. The maximum Gasteiger partial charge on any atom is 0.0553 e. The number of anilines is 1. The van der Waals surface area contributed by atoms with Crippen molar-refractivity contribution in [2.75, 3.05) is 5.73 Å². The van der Waals surface area contributed by atoms with Crippen LogP contribution in [0, 0.1) is 0 Å². The van der Waals surface area contributed by atoms with Crippen molar-refractivity contribution in [1.82, 2.24) is 0 Å². The molecule has 66 valence electrons. The summed E-state index contributed by atoms with van der Waals surface area (Å²) in [4.78, 5) is 0. The van der Waals surface area contributed by atoms with Crippen molar-refractivity contribution in [1.29, 1.82) is 0 Å². The Morgan fingerprint density at radius 3 is 2.69 bits per heavy atom. The van der Waals surface area contributed by atoms with E-state index in [1.54, 1.807) is 0 Å². The SMILES string of the molecule is Nc1c(Br)ccc2cccc(Cl)c12. The summed E-state index contributed by atoms with van der Waals surface area (Å²) in [5.41, 5.74) is 6.59. The van der Waals surface area contributed by atoms with Crippen LogP contribution in [0.5, 0.6) is 0 Å². The molecule has 2 N–H and O–H groups in total. The molecule has 0 radical (unpaired) electrons. The van der Waals surface area contributed by atoms with Crippen LogP contribution >= 0.6 is 27.5 Å². The van der Waals surface area contributed by atoms with E-state index in [2.05, 4.69) is 15.9 Å². The summed E-state index contributed by atoms with van der Waals surface area (Å²) in [6.07, 6.45) is 0. The zero-order valence-electron chi connectivity index (χ0n) is 6.72. The van der Waals surface area contributed by atoms with E-state index in [0.717, 1.165) is 15.2 Å². The van der Waals surface area contributed by atoms with Crippen LogP contribution in [0.15, 0.2) is 34.8 Å². The first-order valence-electron chi connectivity index (χ1n) is 3.82. The van der Waals surface area contributed by atoms with Gasteiger partial charge < -0.3 is 5.73 Å². The standard InChI is InChI=1S/C10H7BrClN/c11-7-5-4-6-2-1-3-8(12)9(6)10(7)13/h1-5H,13H2. The summed E-state index contributed by atoms with van der Waals surface area (Å²) in [5, 5.41) is 2.67. The Morgan fingerprint density at radius 2 is 1.92 bits per heavy atom. The van der Waals surface area contributed by atoms with E-state index in [9.17, 15) is 0 Å². The Bertz CT molecular complexity index is 468. The van der Waals surface area contributed by atoms with Gasteiger partial charge in [0.25, 0.3) is 0 Å². The van der Waals surface area contributed by atoms with Gasteiger partial charge in [0.2, 0.25) is 0 Å². The molecule has 0 aliphatic heterocycles. The number of fused-ring (bicyclic) bond motifs is 1. The number of hydrogen-bond acceptors (Lipinski definition) is 1. The topological polar surface area (TPSA) is 26.0 Å². The third-order valence-electron chi connectivity index (χ3n) is 1.98. The average Bonchev–Trinajstić information content (AvgIpc) is 2.12. The molecule has 13 heavy (non-hydrogen) atoms. The first-order valence-corrected chi connectivity index (χ1v) is 4.99. The van der Waals surface area contributed by atoms with Crippen LogP contribution in [0.25, 0.3) is 10.8 Å². The maximum atomic E-state index is 6.03. The molecule has 0 unspecified atom stereocenters. The molecular formula is C10H7BrClN. The second-order valence-corrected chi connectivity index (χ2v) is 4.06. The molecule has 2 rings (SSSR count). The van der Waals surface area contributed by atoms with Crippen molar-refractivity contribution in [2.24, 2.45) is 0 Å². The molecule has 0 bridgehead atoms. The highest BCUT2D eigenvalue weighted by atomic mass is 79.9. The molecular weight excluding hydrogens is 249 g/mol. The van der Waals surface area contributed by atoms with Crippen molar-refractivity contribution in [3.63, 3.8) is 0 Å². The normalized spacial score (nSPS) is 10.6. The van der Waals surface area contributed by atoms with Crippen molar-refractivity contribution >= 4 is 44.0 Å². The van der Waals surface area contributed by atoms with Crippen LogP contribution in [0.1, 0.15) is 0 Å². The minimum atomic E-state index is 0.691. The van der Waals surface area contributed by atoms with Gasteiger partial charge in [-0.15, -0.1) is 0 Å². The molecule has 0 heterocycles. The quantitative estimate of drug-likeness (QED) is 0.712. The lowest BCUT2D eigenvalue weighted by Crippen LogP contribution is -1.88. The minimum Gasteiger partial charge on any atom is -0.397 e. The molecule has 2 aromatic rings. The summed E-state index contributed by atoms with van der Waals surface area (Å²) < 4.78 is 0.883. The van der Waals surface area contributed by atoms with Crippen molar-refractivity contribution in [2.45, 2.75) is 0 Å². The molecule has 0 aromatic heterocycles. The highest BCUT2D eigenvalue weighted by molar-refractivity contribution is 9.10. The van der Waals surface area contributed by atoms with Crippen molar-refractivity contribution < 1.29 is 0 Å². The summed E-state index contributed by atoms with van der Waals surface area (Å²) in [7, 11) is 0. The lowest BCUT2D eigenvalue weighted by atomic mass is 10.1. The average molecular weight is 257 g/mol. The van der Waals surface area contributed by atoms with Gasteiger partial charge in [-0.1, -0.05) is 29.8 Å². The predicted molar refractivity (Wildman–Crippen MR) is 61.1 cm³/mol. The van der Waals surface area contributed by atoms with Crippen LogP contribution in [0.4, 0.5) is 5.69 Å². The van der Waals surface area contributed by atoms with E-state index >= 15 is 0 Å². The third kappa shape index (κ3) is 1.40. The zero-order chi connectivity index (χ0) is 9.42. The van der Waals surface area contributed by atoms with E-state index in [4.69, 9.17) is 17.3 Å². The number of nitrogen functional groups attached to an aromatic ring is 1. The van der Waals surface area contributed by atoms with E-state index in [0.29, 0.717) is 10.7 Å². The highest BCUT2D eigenvalue weighted by Gasteiger charge is 2.04. The molecule has 0 atom stereocenters. The van der Waals surface area contributed by atoms with E-state index in [1.165, 1.54) is 0 Å². The van der Waals surface area contributed by atoms with E-state index in [-0.39, 0.29) is 0 Å². The van der Waals surface area contributed by atoms with Gasteiger partial charge in [-0.2, -0.15) is 0 Å². The number of rotatable bonds is 0. The maximum absolute atomic E-state index is 6.03. The van der Waals surface area contributed by atoms with Gasteiger partial charge in [-0.05, 0) is 33.4 Å². The fourth-order valence-corrected chi connectivity index (χ4v) is 1.95. The Kier molecular flexibility index (Phi) is 2.18. The minimum absolute atomic E-state index is 0.691. The largest absolute Gasteiger partial charge is 0.397 e. The Labute approximate surface area is 89.6 Å². The smallest absolute Gasteiger partial charge is 0.0553 e. The molecule has 0 fully saturated rings. The van der Waals surface area contributed by atoms with Gasteiger partial charge in [-0.25, -0.2) is 0 Å². The Balaban J connectivity index is 2.97. The number of nitrogens with two attached hydrogens (primary N) is 1. The molecule has 2 aromatic carbocycles. The first kappa shape index (κ1) is 8.85. The van der Waals surface area contributed by atoms with E-state index < -0.39 is 0 Å². The van der Waals surface area contributed by atoms with Gasteiger partial charge in [-0.3, -0.25) is 0 Å². The second kappa shape index (κ2) is 3.20. The van der Waals surface area contributed by atoms with Gasteiger partial charge in [0, 0.05) is 9.86 Å². The fraction of sp³-hybridized carbons (Fsp3) is 0. The van der Waals surface area contributed by atoms with Gasteiger partial charge in [0.15, 0.2) is 0 Å². The summed E-state index contributed by atoms with van der Waals surface area (Å²) in [6.45, 7) is 0. The molecule has 0 saturated heterocycles. The molecule has 0 aliphatic carbocycles. The molecule has 0 spiro atoms. The van der Waals surface area contributed by atoms with Crippen LogP contribution in [-0.2, 0) is 0 Å². The molecule has 0 amide bonds. The second-order valence-electron chi connectivity index (χ2n) is 2.80. The summed E-state index contributed by atoms with van der Waals surface area (Å²) in [5.74, 6) is 0. The Hall–Kier alpha value is -0.730. The van der Waals surface area contributed by atoms with Crippen LogP contribution < -0.4 is 5.73 Å². The van der Waals surface area contributed by atoms with Crippen LogP contribution in [-0.4, -0.2) is 0 Å². The summed E-state index contributed by atoms with van der Waals surface area (Å²) >= 11 is 9.40. The number of halogens is 2. The molecule has 0 aliphatic rings. The van der Waals surface area contributed by atoms with Crippen LogP contribution in [0.3, 0.4) is 0 Å². The van der Waals surface area contributed by atoms with Crippen molar-refractivity contribution in [3.8, 4) is 0 Å². The molecule has 0 saturated carbocycles. The molecule has 3 heteroatoms. The highest BCUT2D eigenvalue weighted by Crippen LogP contribution is 2.33. The predicted octanol–water partition coefficient (Wildman–Crippen LogP) is 3.84. The number of benzene rings is 2. The van der Waals surface area contributed by atoms with Crippen molar-refractivity contribution in [3.05, 3.63) is 39.8 Å². The Morgan fingerprint density at radius 1 is 1.15 bits per heavy atom.